The number of hydrogen-bond acceptors (Lipinski definition) is 3. The van der Waals surface area contributed by atoms with Gasteiger partial charge in [0.15, 0.2) is 0 Å². The lowest BCUT2D eigenvalue weighted by Crippen LogP contribution is -2.44. The van der Waals surface area contributed by atoms with E-state index in [1.54, 1.807) is 0 Å². The molecule has 1 spiro atoms. The van der Waals surface area contributed by atoms with Gasteiger partial charge in [0.2, 0.25) is 0 Å². The normalized spacial score (nSPS) is 37.7. The number of carbonyl (C=O) groups is 1. The van der Waals surface area contributed by atoms with E-state index < -0.39 is 11.5 Å². The maximum absolute atomic E-state index is 10.9. The summed E-state index contributed by atoms with van der Waals surface area (Å²) in [4.78, 5) is 13.1. The second-order valence-corrected chi connectivity index (χ2v) is 4.54. The first kappa shape index (κ1) is 8.97. The van der Waals surface area contributed by atoms with Crippen LogP contribution in [0, 0.1) is 5.41 Å². The first-order valence-corrected chi connectivity index (χ1v) is 4.71. The molecule has 0 aromatic rings. The Morgan fingerprint density at radius 3 is 2.38 bits per heavy atom. The van der Waals surface area contributed by atoms with E-state index in [1.807, 2.05) is 0 Å². The third-order valence-corrected chi connectivity index (χ3v) is 3.76. The van der Waals surface area contributed by atoms with Gasteiger partial charge in [-0.2, -0.15) is 0 Å². The Labute approximate surface area is 77.7 Å². The van der Waals surface area contributed by atoms with Crippen molar-refractivity contribution in [1.29, 1.82) is 0 Å². The van der Waals surface area contributed by atoms with Gasteiger partial charge in [-0.05, 0) is 39.4 Å². The number of nitrogens with zero attached hydrogens (tertiary/aromatic N) is 1. The molecule has 1 saturated heterocycles. The van der Waals surface area contributed by atoms with Gasteiger partial charge >= 0.3 is 5.97 Å². The largest absolute Gasteiger partial charge is 0.480 e. The van der Waals surface area contributed by atoms with Gasteiger partial charge in [0.1, 0.15) is 5.54 Å². The summed E-state index contributed by atoms with van der Waals surface area (Å²) < 4.78 is 0. The second-order valence-electron chi connectivity index (χ2n) is 4.54. The van der Waals surface area contributed by atoms with Crippen molar-refractivity contribution in [2.45, 2.75) is 24.8 Å². The summed E-state index contributed by atoms with van der Waals surface area (Å²) in [7, 11) is 2.06. The lowest BCUT2D eigenvalue weighted by molar-refractivity contribution is -0.141. The lowest BCUT2D eigenvalue weighted by atomic mass is 9.89. The smallest absolute Gasteiger partial charge is 0.324 e. The topological polar surface area (TPSA) is 66.6 Å². The van der Waals surface area contributed by atoms with Gasteiger partial charge in [0, 0.05) is 5.41 Å². The molecule has 1 saturated carbocycles. The SMILES string of the molecule is CN1CCC2(CC1)CC2(N)C(=O)O. The summed E-state index contributed by atoms with van der Waals surface area (Å²) in [6.07, 6.45) is 2.54. The van der Waals surface area contributed by atoms with Crippen molar-refractivity contribution < 1.29 is 9.90 Å². The van der Waals surface area contributed by atoms with Crippen molar-refractivity contribution in [1.82, 2.24) is 4.90 Å². The van der Waals surface area contributed by atoms with Gasteiger partial charge in [-0.1, -0.05) is 0 Å². The molecule has 0 aromatic heterocycles. The molecule has 2 rings (SSSR count). The highest BCUT2D eigenvalue weighted by atomic mass is 16.4. The predicted molar refractivity (Wildman–Crippen MR) is 48.3 cm³/mol. The van der Waals surface area contributed by atoms with Gasteiger partial charge in [-0.15, -0.1) is 0 Å². The minimum absolute atomic E-state index is 0.0780. The monoisotopic (exact) mass is 184 g/mol. The van der Waals surface area contributed by atoms with Gasteiger partial charge in [0.05, 0.1) is 0 Å². The maximum Gasteiger partial charge on any atom is 0.324 e. The van der Waals surface area contributed by atoms with Crippen LogP contribution in [0.25, 0.3) is 0 Å². The van der Waals surface area contributed by atoms with Crippen LogP contribution in [-0.2, 0) is 4.79 Å². The highest BCUT2D eigenvalue weighted by molar-refractivity contribution is 5.84. The number of piperidine rings is 1. The molecule has 13 heavy (non-hydrogen) atoms. The van der Waals surface area contributed by atoms with Gasteiger partial charge in [-0.3, -0.25) is 4.79 Å². The second kappa shape index (κ2) is 2.45. The summed E-state index contributed by atoms with van der Waals surface area (Å²) >= 11 is 0. The summed E-state index contributed by atoms with van der Waals surface area (Å²) in [6.45, 7) is 1.96. The molecule has 1 atom stereocenters. The highest BCUT2D eigenvalue weighted by Crippen LogP contribution is 2.60. The molecule has 4 heteroatoms. The average molecular weight is 184 g/mol. The molecule has 0 radical (unpaired) electrons. The maximum atomic E-state index is 10.9. The molecular weight excluding hydrogens is 168 g/mol. The Kier molecular flexibility index (Phi) is 1.69. The number of carboxylic acid groups (broad SMARTS) is 1. The van der Waals surface area contributed by atoms with E-state index in [9.17, 15) is 4.79 Å². The zero-order chi connectivity index (χ0) is 9.69. The number of aliphatic carboxylic acids is 1. The lowest BCUT2D eigenvalue weighted by Gasteiger charge is -2.31. The van der Waals surface area contributed by atoms with Crippen LogP contribution in [0.4, 0.5) is 0 Å². The van der Waals surface area contributed by atoms with Crippen LogP contribution in [0.5, 0.6) is 0 Å². The third-order valence-electron chi connectivity index (χ3n) is 3.76. The average Bonchev–Trinajstić information content (AvgIpc) is 2.66. The molecule has 2 fully saturated rings. The molecular formula is C9H16N2O2. The summed E-state index contributed by atoms with van der Waals surface area (Å²) in [5.41, 5.74) is 4.84. The Balaban J connectivity index is 2.07. The number of carboxylic acids is 1. The van der Waals surface area contributed by atoms with Crippen molar-refractivity contribution in [2.75, 3.05) is 20.1 Å². The molecule has 0 aromatic carbocycles. The summed E-state index contributed by atoms with van der Waals surface area (Å²) in [5.74, 6) is -0.822. The van der Waals surface area contributed by atoms with Crippen LogP contribution in [-0.4, -0.2) is 41.7 Å². The molecule has 2 aliphatic rings. The Morgan fingerprint density at radius 2 is 2.00 bits per heavy atom. The van der Waals surface area contributed by atoms with E-state index in [-0.39, 0.29) is 5.41 Å². The Bertz CT molecular complexity index is 246. The molecule has 74 valence electrons. The van der Waals surface area contributed by atoms with Crippen LogP contribution in [0.3, 0.4) is 0 Å². The van der Waals surface area contributed by atoms with E-state index in [4.69, 9.17) is 10.8 Å². The van der Waals surface area contributed by atoms with E-state index in [2.05, 4.69) is 11.9 Å². The van der Waals surface area contributed by atoms with E-state index >= 15 is 0 Å². The van der Waals surface area contributed by atoms with Crippen LogP contribution in [0.15, 0.2) is 0 Å². The number of likely N-dealkylation sites (tertiary alicyclic amines) is 1. The first-order valence-electron chi connectivity index (χ1n) is 4.71. The quantitative estimate of drug-likeness (QED) is 0.596. The van der Waals surface area contributed by atoms with Crippen molar-refractivity contribution in [3.05, 3.63) is 0 Å². The van der Waals surface area contributed by atoms with Crippen molar-refractivity contribution in [3.8, 4) is 0 Å². The molecule has 0 bridgehead atoms. The van der Waals surface area contributed by atoms with E-state index in [1.165, 1.54) is 0 Å². The standard InChI is InChI=1S/C9H16N2O2/c1-11-4-2-8(3-5-11)6-9(8,10)7(12)13/h2-6,10H2,1H3,(H,12,13). The minimum atomic E-state index is -0.908. The van der Waals surface area contributed by atoms with Gasteiger partial charge < -0.3 is 15.7 Å². The first-order chi connectivity index (χ1) is 6.00. The molecule has 1 aliphatic heterocycles. The zero-order valence-electron chi connectivity index (χ0n) is 7.92. The fourth-order valence-electron chi connectivity index (χ4n) is 2.46. The highest BCUT2D eigenvalue weighted by Gasteiger charge is 2.69. The molecule has 0 amide bonds. The fraction of sp³-hybridized carbons (Fsp3) is 0.889. The Hall–Kier alpha value is -0.610. The van der Waals surface area contributed by atoms with Gasteiger partial charge in [-0.25, -0.2) is 0 Å². The summed E-state index contributed by atoms with van der Waals surface area (Å²) in [6, 6.07) is 0. The van der Waals surface area contributed by atoms with E-state index in [0.717, 1.165) is 25.9 Å². The Morgan fingerprint density at radius 1 is 1.46 bits per heavy atom. The molecule has 4 nitrogen and oxygen atoms in total. The molecule has 3 N–H and O–H groups in total. The zero-order valence-corrected chi connectivity index (χ0v) is 7.92. The van der Waals surface area contributed by atoms with Crippen molar-refractivity contribution >= 4 is 5.97 Å². The van der Waals surface area contributed by atoms with Crippen LogP contribution in [0.1, 0.15) is 19.3 Å². The molecule has 1 unspecified atom stereocenters. The fourth-order valence-corrected chi connectivity index (χ4v) is 2.46. The molecule has 1 aliphatic carbocycles. The summed E-state index contributed by atoms with van der Waals surface area (Å²) in [5, 5.41) is 8.96. The van der Waals surface area contributed by atoms with Crippen LogP contribution < -0.4 is 5.73 Å². The van der Waals surface area contributed by atoms with E-state index in [0.29, 0.717) is 6.42 Å². The number of nitrogens with two attached hydrogens (primary N) is 1. The number of rotatable bonds is 1. The van der Waals surface area contributed by atoms with Gasteiger partial charge in [0.25, 0.3) is 0 Å². The predicted octanol–water partition coefficient (Wildman–Crippen LogP) is -0.116. The van der Waals surface area contributed by atoms with Crippen molar-refractivity contribution in [2.24, 2.45) is 11.1 Å². The number of hydrogen-bond donors (Lipinski definition) is 2. The molecule has 1 heterocycles. The van der Waals surface area contributed by atoms with Crippen LogP contribution >= 0.6 is 0 Å². The van der Waals surface area contributed by atoms with Crippen molar-refractivity contribution in [3.63, 3.8) is 0 Å². The third kappa shape index (κ3) is 1.09. The minimum Gasteiger partial charge on any atom is -0.480 e. The van der Waals surface area contributed by atoms with Crippen LogP contribution in [0.2, 0.25) is 0 Å².